The van der Waals surface area contributed by atoms with Gasteiger partial charge in [0.2, 0.25) is 5.91 Å². The van der Waals surface area contributed by atoms with Gasteiger partial charge < -0.3 is 15.8 Å². The monoisotopic (exact) mass is 255 g/mol. The molecule has 0 saturated carbocycles. The number of nitrogens with zero attached hydrogens (tertiary/aromatic N) is 2. The minimum Gasteiger partial charge on any atom is -0.409 e. The number of amidine groups is 1. The summed E-state index contributed by atoms with van der Waals surface area (Å²) in [5.74, 6) is -0.0905. The molecule has 0 aromatic rings. The standard InChI is InChI=1S/C13H25N3O2/c1-5-13(4)6-8-16(9-7-13)11(17)12(2,3)10(14)15-18/h18H,5-9H2,1-4H3,(H2,14,15). The molecule has 18 heavy (non-hydrogen) atoms. The first-order valence-corrected chi connectivity index (χ1v) is 6.54. The second-order valence-corrected chi connectivity index (χ2v) is 6.07. The van der Waals surface area contributed by atoms with Gasteiger partial charge in [-0.15, -0.1) is 0 Å². The zero-order chi connectivity index (χ0) is 14.0. The minimum absolute atomic E-state index is 0.0312. The van der Waals surface area contributed by atoms with Crippen molar-refractivity contribution >= 4 is 11.7 Å². The van der Waals surface area contributed by atoms with Crippen LogP contribution in [0, 0.1) is 10.8 Å². The van der Waals surface area contributed by atoms with Crippen molar-refractivity contribution in [3.05, 3.63) is 0 Å². The number of rotatable bonds is 3. The van der Waals surface area contributed by atoms with Gasteiger partial charge in [0.05, 0.1) is 0 Å². The topological polar surface area (TPSA) is 78.9 Å². The predicted molar refractivity (Wildman–Crippen MR) is 71.4 cm³/mol. The second kappa shape index (κ2) is 5.16. The summed E-state index contributed by atoms with van der Waals surface area (Å²) in [7, 11) is 0. The molecule has 1 aliphatic rings. The summed E-state index contributed by atoms with van der Waals surface area (Å²) in [4.78, 5) is 14.2. The summed E-state index contributed by atoms with van der Waals surface area (Å²) in [5, 5.41) is 11.7. The maximum Gasteiger partial charge on any atom is 0.235 e. The van der Waals surface area contributed by atoms with Crippen molar-refractivity contribution in [2.24, 2.45) is 21.7 Å². The van der Waals surface area contributed by atoms with Gasteiger partial charge in [0, 0.05) is 13.1 Å². The van der Waals surface area contributed by atoms with Crippen LogP contribution in [0.4, 0.5) is 0 Å². The lowest BCUT2D eigenvalue weighted by molar-refractivity contribution is -0.139. The van der Waals surface area contributed by atoms with Crippen molar-refractivity contribution in [3.8, 4) is 0 Å². The molecule has 0 aromatic carbocycles. The highest BCUT2D eigenvalue weighted by Crippen LogP contribution is 2.35. The number of amides is 1. The molecule has 0 atom stereocenters. The van der Waals surface area contributed by atoms with Crippen LogP contribution in [-0.2, 0) is 4.79 Å². The Bertz CT molecular complexity index is 342. The van der Waals surface area contributed by atoms with E-state index in [1.807, 2.05) is 4.90 Å². The van der Waals surface area contributed by atoms with Gasteiger partial charge in [-0.2, -0.15) is 0 Å². The number of nitrogens with two attached hydrogens (primary N) is 1. The Hall–Kier alpha value is -1.26. The minimum atomic E-state index is -0.936. The molecule has 0 radical (unpaired) electrons. The molecule has 0 aromatic heterocycles. The van der Waals surface area contributed by atoms with E-state index in [0.717, 1.165) is 32.4 Å². The van der Waals surface area contributed by atoms with E-state index in [1.165, 1.54) is 0 Å². The van der Waals surface area contributed by atoms with Crippen molar-refractivity contribution in [1.82, 2.24) is 4.90 Å². The SMILES string of the molecule is CCC1(C)CCN(C(=O)C(C)(C)C(N)=NO)CC1. The first kappa shape index (κ1) is 14.8. The number of hydrogen-bond acceptors (Lipinski definition) is 3. The summed E-state index contributed by atoms with van der Waals surface area (Å²) < 4.78 is 0. The normalized spacial score (nSPS) is 20.9. The number of hydrogen-bond donors (Lipinski definition) is 2. The van der Waals surface area contributed by atoms with Gasteiger partial charge in [-0.3, -0.25) is 4.79 Å². The van der Waals surface area contributed by atoms with E-state index in [2.05, 4.69) is 19.0 Å². The van der Waals surface area contributed by atoms with Crippen LogP contribution in [0.25, 0.3) is 0 Å². The van der Waals surface area contributed by atoms with E-state index < -0.39 is 5.41 Å². The molecule has 1 rings (SSSR count). The smallest absolute Gasteiger partial charge is 0.235 e. The van der Waals surface area contributed by atoms with E-state index in [-0.39, 0.29) is 11.7 Å². The molecule has 0 unspecified atom stereocenters. The van der Waals surface area contributed by atoms with Gasteiger partial charge in [-0.1, -0.05) is 25.4 Å². The molecule has 104 valence electrons. The van der Waals surface area contributed by atoms with Crippen LogP contribution in [-0.4, -0.2) is 34.9 Å². The molecular formula is C13H25N3O2. The van der Waals surface area contributed by atoms with Crippen LogP contribution in [0.1, 0.15) is 47.0 Å². The molecule has 3 N–H and O–H groups in total. The van der Waals surface area contributed by atoms with Crippen LogP contribution < -0.4 is 5.73 Å². The van der Waals surface area contributed by atoms with Gasteiger partial charge in [-0.05, 0) is 32.1 Å². The van der Waals surface area contributed by atoms with Crippen LogP contribution in [0.3, 0.4) is 0 Å². The molecule has 0 spiro atoms. The Morgan fingerprint density at radius 1 is 1.44 bits per heavy atom. The number of piperidine rings is 1. The lowest BCUT2D eigenvalue weighted by atomic mass is 9.77. The quantitative estimate of drug-likeness (QED) is 0.349. The van der Waals surface area contributed by atoms with Crippen molar-refractivity contribution < 1.29 is 10.0 Å². The zero-order valence-corrected chi connectivity index (χ0v) is 11.9. The van der Waals surface area contributed by atoms with Crippen molar-refractivity contribution in [2.75, 3.05) is 13.1 Å². The molecule has 1 aliphatic heterocycles. The summed E-state index contributed by atoms with van der Waals surface area (Å²) >= 11 is 0. The van der Waals surface area contributed by atoms with Gasteiger partial charge in [-0.25, -0.2) is 0 Å². The first-order valence-electron chi connectivity index (χ1n) is 6.54. The maximum atomic E-state index is 12.4. The molecular weight excluding hydrogens is 230 g/mol. The van der Waals surface area contributed by atoms with Gasteiger partial charge >= 0.3 is 0 Å². The highest BCUT2D eigenvalue weighted by molar-refractivity contribution is 6.05. The van der Waals surface area contributed by atoms with E-state index >= 15 is 0 Å². The number of oxime groups is 1. The summed E-state index contributed by atoms with van der Waals surface area (Å²) in [6.07, 6.45) is 3.17. The molecule has 1 saturated heterocycles. The molecule has 1 heterocycles. The van der Waals surface area contributed by atoms with E-state index in [4.69, 9.17) is 10.9 Å². The maximum absolute atomic E-state index is 12.4. The summed E-state index contributed by atoms with van der Waals surface area (Å²) in [6.45, 7) is 9.36. The lowest BCUT2D eigenvalue weighted by Crippen LogP contribution is -2.51. The molecule has 5 heteroatoms. The first-order chi connectivity index (χ1) is 8.27. The average Bonchev–Trinajstić information content (AvgIpc) is 2.37. The zero-order valence-electron chi connectivity index (χ0n) is 11.9. The fraction of sp³-hybridized carbons (Fsp3) is 0.846. The number of carbonyl (C=O) groups excluding carboxylic acids is 1. The summed E-state index contributed by atoms with van der Waals surface area (Å²) in [6, 6.07) is 0. The van der Waals surface area contributed by atoms with Crippen LogP contribution >= 0.6 is 0 Å². The fourth-order valence-electron chi connectivity index (χ4n) is 2.23. The van der Waals surface area contributed by atoms with Gasteiger partial charge in [0.1, 0.15) is 5.41 Å². The Kier molecular flexibility index (Phi) is 4.24. The van der Waals surface area contributed by atoms with Crippen molar-refractivity contribution in [2.45, 2.75) is 47.0 Å². The van der Waals surface area contributed by atoms with Gasteiger partial charge in [0.25, 0.3) is 0 Å². The fourth-order valence-corrected chi connectivity index (χ4v) is 2.23. The van der Waals surface area contributed by atoms with Crippen molar-refractivity contribution in [3.63, 3.8) is 0 Å². The number of carbonyl (C=O) groups is 1. The third kappa shape index (κ3) is 2.76. The van der Waals surface area contributed by atoms with Crippen LogP contribution in [0.15, 0.2) is 5.16 Å². The third-order valence-electron chi connectivity index (χ3n) is 4.39. The third-order valence-corrected chi connectivity index (χ3v) is 4.39. The largest absolute Gasteiger partial charge is 0.409 e. The Balaban J connectivity index is 2.71. The molecule has 1 fully saturated rings. The van der Waals surface area contributed by atoms with Crippen LogP contribution in [0.5, 0.6) is 0 Å². The van der Waals surface area contributed by atoms with Crippen molar-refractivity contribution in [1.29, 1.82) is 0 Å². The Morgan fingerprint density at radius 2 is 1.94 bits per heavy atom. The van der Waals surface area contributed by atoms with E-state index in [0.29, 0.717) is 5.41 Å². The highest BCUT2D eigenvalue weighted by Gasteiger charge is 2.39. The lowest BCUT2D eigenvalue weighted by Gasteiger charge is -2.41. The second-order valence-electron chi connectivity index (χ2n) is 6.07. The van der Waals surface area contributed by atoms with E-state index in [9.17, 15) is 4.79 Å². The number of likely N-dealkylation sites (tertiary alicyclic amines) is 1. The Labute approximate surface area is 109 Å². The van der Waals surface area contributed by atoms with E-state index in [1.54, 1.807) is 13.8 Å². The predicted octanol–water partition coefficient (Wildman–Crippen LogP) is 1.80. The molecule has 1 amide bonds. The molecule has 5 nitrogen and oxygen atoms in total. The molecule has 0 aliphatic carbocycles. The highest BCUT2D eigenvalue weighted by atomic mass is 16.4. The Morgan fingerprint density at radius 3 is 2.33 bits per heavy atom. The van der Waals surface area contributed by atoms with Crippen LogP contribution in [0.2, 0.25) is 0 Å². The average molecular weight is 255 g/mol. The molecule has 0 bridgehead atoms. The summed E-state index contributed by atoms with van der Waals surface area (Å²) in [5.41, 5.74) is 5.00. The van der Waals surface area contributed by atoms with Gasteiger partial charge in [0.15, 0.2) is 5.84 Å².